The van der Waals surface area contributed by atoms with E-state index in [4.69, 9.17) is 0 Å². The molecule has 0 spiro atoms. The number of nitrogens with zero attached hydrogens (tertiary/aromatic N) is 2. The van der Waals surface area contributed by atoms with Gasteiger partial charge in [0, 0.05) is 0 Å². The minimum absolute atomic E-state index is 0.152. The number of aromatic nitrogens is 2. The summed E-state index contributed by atoms with van der Waals surface area (Å²) in [5, 5.41) is 11.4. The molecule has 6 nitrogen and oxygen atoms in total. The van der Waals surface area contributed by atoms with Crippen LogP contribution in [0.3, 0.4) is 0 Å². The van der Waals surface area contributed by atoms with E-state index in [9.17, 15) is 22.8 Å². The number of alkyl halides is 3. The number of rotatable bonds is 2. The summed E-state index contributed by atoms with van der Waals surface area (Å²) in [5.74, 6) is -2.73. The van der Waals surface area contributed by atoms with E-state index in [0.717, 1.165) is 11.3 Å². The molecule has 0 aromatic carbocycles. The molecular formula is C9H9F3N4O2S. The molecule has 19 heavy (non-hydrogen) atoms. The number of carbonyl (C=O) groups excluding carboxylic acids is 2. The Bertz CT molecular complexity index is 476. The van der Waals surface area contributed by atoms with E-state index in [2.05, 4.69) is 15.5 Å². The van der Waals surface area contributed by atoms with Gasteiger partial charge < -0.3 is 5.32 Å². The molecule has 10 heteroatoms. The zero-order chi connectivity index (χ0) is 14.0. The highest BCUT2D eigenvalue weighted by atomic mass is 32.1. The molecule has 1 aromatic rings. The summed E-state index contributed by atoms with van der Waals surface area (Å²) in [5.41, 5.74) is 1.39. The predicted octanol–water partition coefficient (Wildman–Crippen LogP) is 0.934. The molecule has 2 N–H and O–H groups in total. The van der Waals surface area contributed by atoms with E-state index < -0.39 is 30.0 Å². The Morgan fingerprint density at radius 3 is 2.74 bits per heavy atom. The van der Waals surface area contributed by atoms with Gasteiger partial charge in [0.2, 0.25) is 16.9 Å². The number of hydrogen-bond donors (Lipinski definition) is 2. The minimum Gasteiger partial charge on any atom is -0.344 e. The van der Waals surface area contributed by atoms with Crippen molar-refractivity contribution < 1.29 is 22.8 Å². The summed E-state index contributed by atoms with van der Waals surface area (Å²) in [4.78, 5) is 23.2. The second kappa shape index (κ2) is 5.11. The van der Waals surface area contributed by atoms with Crippen LogP contribution in [-0.4, -0.2) is 34.2 Å². The molecule has 1 aliphatic heterocycles. The molecule has 0 radical (unpaired) electrons. The molecule has 1 fully saturated rings. The van der Waals surface area contributed by atoms with Crippen LogP contribution in [0.2, 0.25) is 0 Å². The molecule has 1 saturated heterocycles. The molecule has 0 bridgehead atoms. The third-order valence-corrected chi connectivity index (χ3v) is 3.29. The number of nitrogens with one attached hydrogen (secondary N) is 2. The molecule has 1 aliphatic rings. The van der Waals surface area contributed by atoms with E-state index >= 15 is 0 Å². The Balaban J connectivity index is 1.96. The zero-order valence-corrected chi connectivity index (χ0v) is 10.2. The third kappa shape index (κ3) is 3.19. The number of carbonyl (C=O) groups is 2. The van der Waals surface area contributed by atoms with Gasteiger partial charge in [0.25, 0.3) is 0 Å². The SMILES string of the molecule is O=C(Nc1nncs1)[C@@H]1CC[C@@H](C(F)(F)F)NC1=O. The van der Waals surface area contributed by atoms with Crippen molar-refractivity contribution in [2.24, 2.45) is 5.92 Å². The first-order chi connectivity index (χ1) is 8.88. The molecule has 2 amide bonds. The largest absolute Gasteiger partial charge is 0.408 e. The Hall–Kier alpha value is -1.71. The average Bonchev–Trinajstić information content (AvgIpc) is 2.80. The van der Waals surface area contributed by atoms with E-state index in [0.29, 0.717) is 0 Å². The van der Waals surface area contributed by atoms with Gasteiger partial charge in [-0.2, -0.15) is 13.2 Å². The molecule has 1 aromatic heterocycles. The first-order valence-corrected chi connectivity index (χ1v) is 6.20. The van der Waals surface area contributed by atoms with Crippen molar-refractivity contribution in [3.63, 3.8) is 0 Å². The molecular weight excluding hydrogens is 285 g/mol. The summed E-state index contributed by atoms with van der Waals surface area (Å²) in [6, 6.07) is -1.88. The van der Waals surface area contributed by atoms with Crippen molar-refractivity contribution in [3.8, 4) is 0 Å². The van der Waals surface area contributed by atoms with Crippen molar-refractivity contribution in [1.82, 2.24) is 15.5 Å². The van der Waals surface area contributed by atoms with Gasteiger partial charge in [0.1, 0.15) is 17.5 Å². The second-order valence-corrected chi connectivity index (χ2v) is 4.80. The number of halogens is 3. The summed E-state index contributed by atoms with van der Waals surface area (Å²) < 4.78 is 37.2. The van der Waals surface area contributed by atoms with Gasteiger partial charge >= 0.3 is 6.18 Å². The molecule has 0 unspecified atom stereocenters. The lowest BCUT2D eigenvalue weighted by Crippen LogP contribution is -2.53. The Kier molecular flexibility index (Phi) is 3.69. The van der Waals surface area contributed by atoms with Crippen molar-refractivity contribution in [2.45, 2.75) is 25.1 Å². The molecule has 0 saturated carbocycles. The Morgan fingerprint density at radius 2 is 2.21 bits per heavy atom. The first kappa shape index (κ1) is 13.7. The fourth-order valence-electron chi connectivity index (χ4n) is 1.72. The topological polar surface area (TPSA) is 84.0 Å². The van der Waals surface area contributed by atoms with E-state index in [-0.39, 0.29) is 18.0 Å². The molecule has 0 aliphatic carbocycles. The van der Waals surface area contributed by atoms with Gasteiger partial charge in [-0.05, 0) is 12.8 Å². The van der Waals surface area contributed by atoms with Crippen LogP contribution in [0.25, 0.3) is 0 Å². The van der Waals surface area contributed by atoms with Gasteiger partial charge in [-0.1, -0.05) is 11.3 Å². The van der Waals surface area contributed by atoms with E-state index in [1.807, 2.05) is 5.32 Å². The lowest BCUT2D eigenvalue weighted by molar-refractivity contribution is -0.170. The maximum Gasteiger partial charge on any atom is 0.408 e. The van der Waals surface area contributed by atoms with Crippen LogP contribution in [0.1, 0.15) is 12.8 Å². The summed E-state index contributed by atoms with van der Waals surface area (Å²) in [7, 11) is 0. The van der Waals surface area contributed by atoms with Crippen LogP contribution in [-0.2, 0) is 9.59 Å². The fraction of sp³-hybridized carbons (Fsp3) is 0.556. The van der Waals surface area contributed by atoms with E-state index in [1.54, 1.807) is 0 Å². The van der Waals surface area contributed by atoms with Crippen LogP contribution < -0.4 is 10.6 Å². The maximum absolute atomic E-state index is 12.4. The number of anilines is 1. The smallest absolute Gasteiger partial charge is 0.344 e. The third-order valence-electron chi connectivity index (χ3n) is 2.68. The quantitative estimate of drug-likeness (QED) is 0.795. The molecule has 2 rings (SSSR count). The highest BCUT2D eigenvalue weighted by Crippen LogP contribution is 2.28. The zero-order valence-electron chi connectivity index (χ0n) is 9.40. The molecule has 2 heterocycles. The van der Waals surface area contributed by atoms with E-state index in [1.165, 1.54) is 5.51 Å². The summed E-state index contributed by atoms with van der Waals surface area (Å²) in [6.07, 6.45) is -4.96. The fourth-order valence-corrected chi connectivity index (χ4v) is 2.17. The van der Waals surface area contributed by atoms with Crippen molar-refractivity contribution >= 4 is 28.3 Å². The summed E-state index contributed by atoms with van der Waals surface area (Å²) >= 11 is 1.06. The van der Waals surface area contributed by atoms with Gasteiger partial charge in [-0.15, -0.1) is 10.2 Å². The lowest BCUT2D eigenvalue weighted by Gasteiger charge is -2.29. The number of amides is 2. The standard InChI is InChI=1S/C9H9F3N4O2S/c10-9(11,12)5-2-1-4(6(17)14-5)7(18)15-8-16-13-3-19-8/h3-5H,1-2H2,(H,14,17)(H,15,16,18)/t4-,5+/m1/s1. The van der Waals surface area contributed by atoms with Crippen LogP contribution in [0.4, 0.5) is 18.3 Å². The maximum atomic E-state index is 12.4. The first-order valence-electron chi connectivity index (χ1n) is 5.32. The van der Waals surface area contributed by atoms with Gasteiger partial charge in [-0.25, -0.2) is 0 Å². The Labute approximate surface area is 109 Å². The second-order valence-electron chi connectivity index (χ2n) is 3.97. The van der Waals surface area contributed by atoms with Gasteiger partial charge in [-0.3, -0.25) is 14.9 Å². The van der Waals surface area contributed by atoms with Crippen molar-refractivity contribution in [2.75, 3.05) is 5.32 Å². The Morgan fingerprint density at radius 1 is 1.47 bits per heavy atom. The highest BCUT2D eigenvalue weighted by molar-refractivity contribution is 7.13. The van der Waals surface area contributed by atoms with Gasteiger partial charge in [0.15, 0.2) is 0 Å². The van der Waals surface area contributed by atoms with Crippen molar-refractivity contribution in [3.05, 3.63) is 5.51 Å². The average molecular weight is 294 g/mol. The van der Waals surface area contributed by atoms with Crippen LogP contribution in [0, 0.1) is 5.92 Å². The molecule has 2 atom stereocenters. The van der Waals surface area contributed by atoms with Crippen molar-refractivity contribution in [1.29, 1.82) is 0 Å². The highest BCUT2D eigenvalue weighted by Gasteiger charge is 2.45. The monoisotopic (exact) mass is 294 g/mol. The van der Waals surface area contributed by atoms with Crippen LogP contribution in [0.15, 0.2) is 5.51 Å². The van der Waals surface area contributed by atoms with Gasteiger partial charge in [0.05, 0.1) is 0 Å². The summed E-state index contributed by atoms with van der Waals surface area (Å²) in [6.45, 7) is 0. The number of piperidine rings is 1. The number of hydrogen-bond acceptors (Lipinski definition) is 5. The van der Waals surface area contributed by atoms with Crippen LogP contribution in [0.5, 0.6) is 0 Å². The lowest BCUT2D eigenvalue weighted by atomic mass is 9.93. The normalized spacial score (nSPS) is 23.8. The minimum atomic E-state index is -4.49. The predicted molar refractivity (Wildman–Crippen MR) is 59.2 cm³/mol. The van der Waals surface area contributed by atoms with Crippen LogP contribution >= 0.6 is 11.3 Å². The molecule has 104 valence electrons.